The number of benzene rings is 1. The predicted octanol–water partition coefficient (Wildman–Crippen LogP) is 3.55. The van der Waals surface area contributed by atoms with E-state index >= 15 is 0 Å². The number of hydrogen-bond donors (Lipinski definition) is 1. The van der Waals surface area contributed by atoms with Crippen LogP contribution >= 0.6 is 23.2 Å². The number of hydrogen-bond acceptors (Lipinski definition) is 2. The number of halogens is 5. The third-order valence-corrected chi connectivity index (χ3v) is 3.07. The van der Waals surface area contributed by atoms with Gasteiger partial charge in [-0.3, -0.25) is 0 Å². The van der Waals surface area contributed by atoms with E-state index in [0.29, 0.717) is 0 Å². The van der Waals surface area contributed by atoms with Gasteiger partial charge in [0.25, 0.3) is 0 Å². The van der Waals surface area contributed by atoms with E-state index in [-0.39, 0.29) is 10.0 Å². The van der Waals surface area contributed by atoms with E-state index in [4.69, 9.17) is 23.2 Å². The number of nitrogens with one attached hydrogen (secondary N) is 1. The smallest absolute Gasteiger partial charge is 0.408 e. The maximum Gasteiger partial charge on any atom is 0.408 e. The molecule has 0 spiro atoms. The molecule has 1 aliphatic rings. The first-order chi connectivity index (χ1) is 8.33. The Bertz CT molecular complexity index is 510. The summed E-state index contributed by atoms with van der Waals surface area (Å²) >= 11 is 11.2. The van der Waals surface area contributed by atoms with Crippen LogP contribution in [0.3, 0.4) is 0 Å². The van der Waals surface area contributed by atoms with Crippen LogP contribution in [0.25, 0.3) is 0 Å². The summed E-state index contributed by atoms with van der Waals surface area (Å²) in [6, 6.07) is 0.409. The lowest BCUT2D eigenvalue weighted by Crippen LogP contribution is -2.50. The summed E-state index contributed by atoms with van der Waals surface area (Å²) in [6.07, 6.45) is -1.07. The highest BCUT2D eigenvalue weighted by Gasteiger charge is 2.48. The summed E-state index contributed by atoms with van der Waals surface area (Å²) in [4.78, 5) is 11.0. The zero-order chi connectivity index (χ0) is 13.5. The standard InChI is InChI=1S/C10H6Cl2F3NO2/c11-4-1-2-5(12)7(13)6(4)8-10(14,15)3-18-9(17)16-8/h1-2,8H,3H2,(H,16,17)/t8-/m1/s1. The third kappa shape index (κ3) is 2.22. The Kier molecular flexibility index (Phi) is 3.33. The quantitative estimate of drug-likeness (QED) is 0.805. The van der Waals surface area contributed by atoms with E-state index in [0.717, 1.165) is 6.07 Å². The molecule has 0 saturated carbocycles. The van der Waals surface area contributed by atoms with Gasteiger partial charge in [-0.2, -0.15) is 0 Å². The average molecular weight is 300 g/mol. The second-order valence-corrected chi connectivity index (χ2v) is 4.49. The molecule has 1 aliphatic heterocycles. The first kappa shape index (κ1) is 13.3. The Morgan fingerprint density at radius 2 is 1.94 bits per heavy atom. The summed E-state index contributed by atoms with van der Waals surface area (Å²) in [6.45, 7) is -1.15. The highest BCUT2D eigenvalue weighted by Crippen LogP contribution is 2.40. The van der Waals surface area contributed by atoms with Gasteiger partial charge in [0, 0.05) is 10.6 Å². The van der Waals surface area contributed by atoms with Gasteiger partial charge in [-0.1, -0.05) is 23.2 Å². The summed E-state index contributed by atoms with van der Waals surface area (Å²) < 4.78 is 45.2. The maximum atomic E-state index is 13.8. The Morgan fingerprint density at radius 3 is 2.61 bits per heavy atom. The number of alkyl carbamates (subject to hydrolysis) is 1. The molecule has 0 radical (unpaired) electrons. The molecule has 1 amide bonds. The summed E-state index contributed by atoms with van der Waals surface area (Å²) in [5.74, 6) is -4.57. The number of ether oxygens (including phenoxy) is 1. The maximum absolute atomic E-state index is 13.8. The van der Waals surface area contributed by atoms with Crippen molar-refractivity contribution in [1.29, 1.82) is 0 Å². The molecular formula is C10H6Cl2F3NO2. The fourth-order valence-corrected chi connectivity index (χ4v) is 2.02. The van der Waals surface area contributed by atoms with Gasteiger partial charge in [-0.15, -0.1) is 0 Å². The van der Waals surface area contributed by atoms with Gasteiger partial charge in [-0.05, 0) is 12.1 Å². The minimum absolute atomic E-state index is 0.247. The van der Waals surface area contributed by atoms with E-state index in [1.54, 1.807) is 0 Å². The number of alkyl halides is 2. The van der Waals surface area contributed by atoms with Crippen molar-refractivity contribution in [2.75, 3.05) is 6.61 Å². The van der Waals surface area contributed by atoms with Gasteiger partial charge in [0.2, 0.25) is 0 Å². The van der Waals surface area contributed by atoms with Crippen LogP contribution < -0.4 is 5.32 Å². The van der Waals surface area contributed by atoms with Gasteiger partial charge >= 0.3 is 12.0 Å². The minimum atomic E-state index is -3.48. The fraction of sp³-hybridized carbons (Fsp3) is 0.300. The van der Waals surface area contributed by atoms with E-state index in [1.165, 1.54) is 6.07 Å². The normalized spacial score (nSPS) is 22.3. The van der Waals surface area contributed by atoms with Crippen LogP contribution in [0.2, 0.25) is 10.0 Å². The van der Waals surface area contributed by atoms with Crippen LogP contribution in [0.5, 0.6) is 0 Å². The molecule has 1 N–H and O–H groups in total. The molecule has 0 bridgehead atoms. The van der Waals surface area contributed by atoms with Crippen molar-refractivity contribution in [3.63, 3.8) is 0 Å². The van der Waals surface area contributed by atoms with Gasteiger partial charge in [-0.25, -0.2) is 18.0 Å². The molecule has 2 rings (SSSR count). The number of carbonyl (C=O) groups excluding carboxylic acids is 1. The molecule has 0 unspecified atom stereocenters. The van der Waals surface area contributed by atoms with Crippen molar-refractivity contribution in [2.24, 2.45) is 0 Å². The molecule has 1 aromatic carbocycles. The fourth-order valence-electron chi connectivity index (χ4n) is 1.60. The molecule has 1 heterocycles. The largest absolute Gasteiger partial charge is 0.443 e. The zero-order valence-electron chi connectivity index (χ0n) is 8.65. The predicted molar refractivity (Wildman–Crippen MR) is 58.6 cm³/mol. The number of amides is 1. The molecule has 3 nitrogen and oxygen atoms in total. The molecule has 1 saturated heterocycles. The molecule has 0 aliphatic carbocycles. The van der Waals surface area contributed by atoms with Crippen molar-refractivity contribution in [3.8, 4) is 0 Å². The SMILES string of the molecule is O=C1N[C@H](c2c(Cl)ccc(Cl)c2F)C(F)(F)CO1. The van der Waals surface area contributed by atoms with Crippen molar-refractivity contribution in [2.45, 2.75) is 12.0 Å². The van der Waals surface area contributed by atoms with Gasteiger partial charge in [0.1, 0.15) is 11.9 Å². The van der Waals surface area contributed by atoms with E-state index < -0.39 is 36.0 Å². The lowest BCUT2D eigenvalue weighted by Gasteiger charge is -2.32. The molecule has 18 heavy (non-hydrogen) atoms. The van der Waals surface area contributed by atoms with Crippen LogP contribution in [-0.4, -0.2) is 18.6 Å². The zero-order valence-corrected chi connectivity index (χ0v) is 10.2. The lowest BCUT2D eigenvalue weighted by atomic mass is 9.99. The first-order valence-corrected chi connectivity index (χ1v) is 5.53. The highest BCUT2D eigenvalue weighted by molar-refractivity contribution is 6.33. The van der Waals surface area contributed by atoms with Crippen molar-refractivity contribution < 1.29 is 22.7 Å². The van der Waals surface area contributed by atoms with Crippen LogP contribution in [-0.2, 0) is 4.74 Å². The first-order valence-electron chi connectivity index (χ1n) is 4.77. The number of carbonyl (C=O) groups is 1. The van der Waals surface area contributed by atoms with Crippen molar-refractivity contribution in [1.82, 2.24) is 5.32 Å². The van der Waals surface area contributed by atoms with Gasteiger partial charge in [0.05, 0.1) is 5.02 Å². The van der Waals surface area contributed by atoms with Crippen LogP contribution in [0.15, 0.2) is 12.1 Å². The third-order valence-electron chi connectivity index (χ3n) is 2.45. The minimum Gasteiger partial charge on any atom is -0.443 e. The van der Waals surface area contributed by atoms with Crippen LogP contribution in [0.1, 0.15) is 11.6 Å². The Labute approximate surface area is 110 Å². The van der Waals surface area contributed by atoms with Gasteiger partial charge < -0.3 is 10.1 Å². The van der Waals surface area contributed by atoms with E-state index in [9.17, 15) is 18.0 Å². The number of rotatable bonds is 1. The summed E-state index contributed by atoms with van der Waals surface area (Å²) in [5, 5.41) is 1.24. The van der Waals surface area contributed by atoms with Gasteiger partial charge in [0.15, 0.2) is 6.61 Å². The van der Waals surface area contributed by atoms with Crippen molar-refractivity contribution >= 4 is 29.3 Å². The monoisotopic (exact) mass is 299 g/mol. The summed E-state index contributed by atoms with van der Waals surface area (Å²) in [7, 11) is 0. The second kappa shape index (κ2) is 4.51. The molecule has 98 valence electrons. The molecule has 1 fully saturated rings. The van der Waals surface area contributed by atoms with Crippen LogP contribution in [0, 0.1) is 5.82 Å². The summed E-state index contributed by atoms with van der Waals surface area (Å²) in [5.41, 5.74) is -0.550. The second-order valence-electron chi connectivity index (χ2n) is 3.67. The Morgan fingerprint density at radius 1 is 1.33 bits per heavy atom. The highest BCUT2D eigenvalue weighted by atomic mass is 35.5. The molecule has 1 atom stereocenters. The lowest BCUT2D eigenvalue weighted by molar-refractivity contribution is -0.104. The Balaban J connectivity index is 2.52. The molecular weight excluding hydrogens is 294 g/mol. The number of cyclic esters (lactones) is 1. The average Bonchev–Trinajstić information content (AvgIpc) is 2.29. The molecule has 0 aromatic heterocycles. The van der Waals surface area contributed by atoms with Crippen molar-refractivity contribution in [3.05, 3.63) is 33.6 Å². The van der Waals surface area contributed by atoms with Crippen LogP contribution in [0.4, 0.5) is 18.0 Å². The van der Waals surface area contributed by atoms with E-state index in [2.05, 4.69) is 4.74 Å². The topological polar surface area (TPSA) is 38.3 Å². The Hall–Kier alpha value is -1.14. The molecule has 8 heteroatoms. The van der Waals surface area contributed by atoms with E-state index in [1.807, 2.05) is 5.32 Å². The molecule has 1 aromatic rings.